The molecule has 0 aliphatic heterocycles. The number of nitrogens with zero attached hydrogens (tertiary/aromatic N) is 2. The second kappa shape index (κ2) is 6.87. The average Bonchev–Trinajstić information content (AvgIpc) is 3.08. The van der Waals surface area contributed by atoms with Crippen molar-refractivity contribution < 1.29 is 3.96 Å². The topological polar surface area (TPSA) is 28.8 Å². The molecule has 4 rings (SSSR count). The maximum absolute atomic E-state index is 4.85. The van der Waals surface area contributed by atoms with Crippen molar-refractivity contribution in [2.24, 2.45) is 0 Å². The Morgan fingerprint density at radius 2 is 1.44 bits per heavy atom. The van der Waals surface area contributed by atoms with Crippen LogP contribution in [0.1, 0.15) is 5.56 Å². The van der Waals surface area contributed by atoms with E-state index in [1.165, 1.54) is 5.56 Å². The molecule has 0 spiro atoms. The highest BCUT2D eigenvalue weighted by molar-refractivity contribution is 7.06. The van der Waals surface area contributed by atoms with Gasteiger partial charge in [-0.1, -0.05) is 54.1 Å². The number of rotatable bonds is 4. The van der Waals surface area contributed by atoms with Gasteiger partial charge in [-0.3, -0.25) is 0 Å². The lowest BCUT2D eigenvalue weighted by Gasteiger charge is -1.98. The maximum Gasteiger partial charge on any atom is 0.350 e. The van der Waals surface area contributed by atoms with E-state index in [-0.39, 0.29) is 0 Å². The fourth-order valence-electron chi connectivity index (χ4n) is 2.61. The van der Waals surface area contributed by atoms with E-state index in [4.69, 9.17) is 4.98 Å². The highest BCUT2D eigenvalue weighted by Gasteiger charge is 2.24. The van der Waals surface area contributed by atoms with Gasteiger partial charge in [0.2, 0.25) is 0 Å². The third kappa shape index (κ3) is 3.44. The minimum absolute atomic E-state index is 0.866. The highest BCUT2D eigenvalue weighted by atomic mass is 32.1. The van der Waals surface area contributed by atoms with E-state index in [1.807, 2.05) is 48.5 Å². The van der Waals surface area contributed by atoms with Crippen molar-refractivity contribution >= 4 is 22.4 Å². The van der Waals surface area contributed by atoms with Gasteiger partial charge in [0.15, 0.2) is 0 Å². The van der Waals surface area contributed by atoms with Gasteiger partial charge in [0, 0.05) is 5.69 Å². The van der Waals surface area contributed by atoms with E-state index < -0.39 is 0 Å². The molecule has 3 aromatic carbocycles. The second-order valence-corrected chi connectivity index (χ2v) is 6.75. The number of aryl methyl sites for hydroxylation is 1. The molecule has 1 aromatic heterocycles. The van der Waals surface area contributed by atoms with Gasteiger partial charge in [-0.15, -0.1) is 3.96 Å². The van der Waals surface area contributed by atoms with Gasteiger partial charge in [-0.05, 0) is 48.3 Å². The summed E-state index contributed by atoms with van der Waals surface area (Å²) < 4.78 is 2.16. The Kier molecular flexibility index (Phi) is 4.27. The van der Waals surface area contributed by atoms with Gasteiger partial charge in [0.05, 0.1) is 5.56 Å². The molecule has 0 aliphatic rings. The minimum Gasteiger partial charge on any atom is -0.308 e. The van der Waals surface area contributed by atoms with Crippen LogP contribution >= 0.6 is 11.5 Å². The molecule has 1 N–H and O–H groups in total. The Labute approximate surface area is 151 Å². The van der Waals surface area contributed by atoms with Crippen molar-refractivity contribution in [1.29, 1.82) is 0 Å². The van der Waals surface area contributed by atoms with Crippen molar-refractivity contribution in [1.82, 2.24) is 4.98 Å². The molecule has 3 nitrogen and oxygen atoms in total. The quantitative estimate of drug-likeness (QED) is 0.519. The van der Waals surface area contributed by atoms with Crippen LogP contribution in [0.3, 0.4) is 0 Å². The Morgan fingerprint density at radius 3 is 2.12 bits per heavy atom. The number of anilines is 2. The van der Waals surface area contributed by atoms with Crippen LogP contribution in [0.2, 0.25) is 0 Å². The Morgan fingerprint density at radius 1 is 0.800 bits per heavy atom. The predicted octanol–water partition coefficient (Wildman–Crippen LogP) is 5.14. The van der Waals surface area contributed by atoms with E-state index in [2.05, 4.69) is 52.6 Å². The van der Waals surface area contributed by atoms with Crippen molar-refractivity contribution in [3.63, 3.8) is 0 Å². The summed E-state index contributed by atoms with van der Waals surface area (Å²) in [4.78, 5) is 4.85. The third-order valence-corrected chi connectivity index (χ3v) is 4.84. The average molecular weight is 344 g/mol. The van der Waals surface area contributed by atoms with Gasteiger partial charge in [0.25, 0.3) is 0 Å². The zero-order valence-electron chi connectivity index (χ0n) is 13.9. The first-order chi connectivity index (χ1) is 12.3. The zero-order chi connectivity index (χ0) is 17.1. The van der Waals surface area contributed by atoms with Crippen LogP contribution in [-0.4, -0.2) is 4.98 Å². The first-order valence-corrected chi connectivity index (χ1v) is 8.95. The minimum atomic E-state index is 0.866. The molecule has 0 atom stereocenters. The fourth-order valence-corrected chi connectivity index (χ4v) is 3.53. The summed E-state index contributed by atoms with van der Waals surface area (Å²) in [5.74, 6) is 0.939. The standard InChI is InChI=1S/C21H17N3S/c1-16-12-14-17(15-13-16)20-23-21(22-18-8-4-2-5-9-18)25-24(20)19-10-6-3-7-11-19/h2-15H,1H3/p+1. The van der Waals surface area contributed by atoms with Crippen LogP contribution in [0.4, 0.5) is 10.8 Å². The molecule has 25 heavy (non-hydrogen) atoms. The van der Waals surface area contributed by atoms with E-state index in [0.717, 1.165) is 27.9 Å². The highest BCUT2D eigenvalue weighted by Crippen LogP contribution is 2.24. The monoisotopic (exact) mass is 344 g/mol. The number of hydrogen-bond acceptors (Lipinski definition) is 3. The van der Waals surface area contributed by atoms with Crippen LogP contribution < -0.4 is 9.27 Å². The molecule has 0 aliphatic carbocycles. The first-order valence-electron chi connectivity index (χ1n) is 8.17. The molecular weight excluding hydrogens is 326 g/mol. The Bertz CT molecular complexity index is 961. The summed E-state index contributed by atoms with van der Waals surface area (Å²) >= 11 is 1.60. The summed E-state index contributed by atoms with van der Waals surface area (Å²) in [7, 11) is 0. The van der Waals surface area contributed by atoms with Crippen molar-refractivity contribution in [2.75, 3.05) is 5.32 Å². The molecule has 0 fully saturated rings. The normalized spacial score (nSPS) is 10.6. The molecule has 0 amide bonds. The zero-order valence-corrected chi connectivity index (χ0v) is 14.7. The third-order valence-electron chi connectivity index (χ3n) is 3.90. The van der Waals surface area contributed by atoms with E-state index >= 15 is 0 Å². The van der Waals surface area contributed by atoms with Crippen LogP contribution in [0.5, 0.6) is 0 Å². The van der Waals surface area contributed by atoms with Gasteiger partial charge in [0.1, 0.15) is 17.2 Å². The van der Waals surface area contributed by atoms with Crippen LogP contribution in [0.25, 0.3) is 17.1 Å². The molecule has 0 bridgehead atoms. The Balaban J connectivity index is 1.79. The second-order valence-electron chi connectivity index (χ2n) is 5.82. The molecular formula is C21H18N3S+. The number of para-hydroxylation sites is 2. The molecule has 0 saturated heterocycles. The van der Waals surface area contributed by atoms with Gasteiger partial charge in [-0.25, -0.2) is 0 Å². The summed E-state index contributed by atoms with van der Waals surface area (Å²) in [6.07, 6.45) is 0. The van der Waals surface area contributed by atoms with Crippen LogP contribution in [0.15, 0.2) is 84.9 Å². The van der Waals surface area contributed by atoms with E-state index in [1.54, 1.807) is 11.5 Å². The fraction of sp³-hybridized carbons (Fsp3) is 0.0476. The molecule has 0 radical (unpaired) electrons. The summed E-state index contributed by atoms with van der Waals surface area (Å²) in [5.41, 5.74) is 4.49. The molecule has 0 saturated carbocycles. The van der Waals surface area contributed by atoms with Gasteiger partial charge in [-0.2, -0.15) is 0 Å². The lowest BCUT2D eigenvalue weighted by Crippen LogP contribution is -2.27. The Hall–Kier alpha value is -2.98. The maximum atomic E-state index is 4.85. The van der Waals surface area contributed by atoms with Crippen molar-refractivity contribution in [2.45, 2.75) is 6.92 Å². The largest absolute Gasteiger partial charge is 0.350 e. The van der Waals surface area contributed by atoms with Crippen LogP contribution in [-0.2, 0) is 0 Å². The van der Waals surface area contributed by atoms with Gasteiger partial charge < -0.3 is 5.32 Å². The summed E-state index contributed by atoms with van der Waals surface area (Å²) in [6.45, 7) is 2.10. The SMILES string of the molecule is Cc1ccc(-c2nc(Nc3ccccc3)s[n+]2-c2ccccc2)cc1. The molecule has 4 aromatic rings. The first kappa shape index (κ1) is 15.5. The predicted molar refractivity (Wildman–Crippen MR) is 104 cm³/mol. The number of aromatic nitrogens is 2. The molecule has 0 unspecified atom stereocenters. The number of benzene rings is 3. The smallest absolute Gasteiger partial charge is 0.308 e. The van der Waals surface area contributed by atoms with Crippen molar-refractivity contribution in [3.05, 3.63) is 90.5 Å². The lowest BCUT2D eigenvalue weighted by molar-refractivity contribution is -0.509. The molecule has 4 heteroatoms. The van der Waals surface area contributed by atoms with Crippen LogP contribution in [0, 0.1) is 6.92 Å². The summed E-state index contributed by atoms with van der Waals surface area (Å²) in [5, 5.41) is 4.27. The number of hydrogen-bond donors (Lipinski definition) is 1. The molecule has 122 valence electrons. The summed E-state index contributed by atoms with van der Waals surface area (Å²) in [6, 6.07) is 28.9. The van der Waals surface area contributed by atoms with E-state index in [9.17, 15) is 0 Å². The number of nitrogens with one attached hydrogen (secondary N) is 1. The lowest BCUT2D eigenvalue weighted by atomic mass is 10.1. The molecule has 1 heterocycles. The van der Waals surface area contributed by atoms with Gasteiger partial charge >= 0.3 is 11.0 Å². The van der Waals surface area contributed by atoms with Crippen molar-refractivity contribution in [3.8, 4) is 17.1 Å². The van der Waals surface area contributed by atoms with E-state index in [0.29, 0.717) is 0 Å².